The van der Waals surface area contributed by atoms with Crippen LogP contribution in [-0.4, -0.2) is 22.6 Å². The summed E-state index contributed by atoms with van der Waals surface area (Å²) in [7, 11) is 0. The number of aromatic nitrogens is 2. The van der Waals surface area contributed by atoms with Gasteiger partial charge < -0.3 is 9.13 Å². The molecule has 0 bridgehead atoms. The molecule has 15 rings (SSSR count). The molecule has 0 atom stereocenters. The molecule has 0 fully saturated rings. The number of fused-ring (bicyclic) bond motifs is 14. The Labute approximate surface area is 375 Å². The molecule has 0 aliphatic carbocycles. The van der Waals surface area contributed by atoms with Crippen LogP contribution in [0.25, 0.3) is 55.0 Å². The summed E-state index contributed by atoms with van der Waals surface area (Å²) in [6, 6.07) is 69.0. The van der Waals surface area contributed by atoms with Gasteiger partial charge in [-0.15, -0.1) is 0 Å². The van der Waals surface area contributed by atoms with E-state index >= 15 is 0 Å². The first kappa shape index (κ1) is 34.7. The van der Waals surface area contributed by atoms with E-state index in [4.69, 9.17) is 0 Å². The third-order valence-corrected chi connectivity index (χ3v) is 18.1. The van der Waals surface area contributed by atoms with Gasteiger partial charge >= 0.3 is 0 Å². The fourth-order valence-electron chi connectivity index (χ4n) is 11.0. The number of para-hydroxylation sites is 2. The van der Waals surface area contributed by atoms with Crippen molar-refractivity contribution in [2.45, 2.75) is 39.2 Å². The second-order valence-corrected chi connectivity index (χ2v) is 21.1. The molecule has 9 aromatic carbocycles. The lowest BCUT2D eigenvalue weighted by Gasteiger charge is -2.33. The zero-order valence-electron chi connectivity index (χ0n) is 33.0. The number of hydrogen-bond acceptors (Lipinski definition) is 4. The van der Waals surface area contributed by atoms with E-state index in [0.29, 0.717) is 0 Å². The third-order valence-electron chi connectivity index (χ3n) is 13.5. The van der Waals surface area contributed by atoms with Crippen molar-refractivity contribution in [2.75, 3.05) is 0 Å². The van der Waals surface area contributed by atoms with E-state index in [-0.39, 0.29) is 13.4 Å². The molecule has 4 aliphatic rings. The lowest BCUT2D eigenvalue weighted by Crippen LogP contribution is -2.58. The Morgan fingerprint density at radius 1 is 0.274 bits per heavy atom. The molecule has 11 aromatic rings. The molecule has 4 aliphatic heterocycles. The molecule has 62 heavy (non-hydrogen) atoms. The molecule has 0 N–H and O–H groups in total. The second kappa shape index (κ2) is 12.8. The topological polar surface area (TPSA) is 9.86 Å². The molecule has 0 radical (unpaired) electrons. The highest BCUT2D eigenvalue weighted by Gasteiger charge is 2.40. The highest BCUT2D eigenvalue weighted by molar-refractivity contribution is 8.02. The van der Waals surface area contributed by atoms with E-state index in [1.165, 1.54) is 127 Å². The summed E-state index contributed by atoms with van der Waals surface area (Å²) in [4.78, 5) is 10.8. The molecule has 0 saturated carbocycles. The SMILES string of the molecule is c1ccc2c(c1)Sc1cc(-n3c4ccccc4c4cc5c6ccccc6n(-c6cc7c8c(c6)Sc6ccccc6B8c6ccccc6S7)c5cc43)cc3c1B2c1ccccc1S3. The highest BCUT2D eigenvalue weighted by Crippen LogP contribution is 2.45. The van der Waals surface area contributed by atoms with Crippen molar-refractivity contribution >= 4 is 137 Å². The fraction of sp³-hybridized carbons (Fsp3) is 0. The van der Waals surface area contributed by atoms with E-state index in [1.54, 1.807) is 0 Å². The van der Waals surface area contributed by atoms with E-state index in [9.17, 15) is 0 Å². The average Bonchev–Trinajstić information content (AvgIpc) is 3.82. The molecule has 0 saturated heterocycles. The Morgan fingerprint density at radius 2 is 0.597 bits per heavy atom. The van der Waals surface area contributed by atoms with Gasteiger partial charge in [-0.3, -0.25) is 0 Å². The van der Waals surface area contributed by atoms with Crippen LogP contribution in [0, 0.1) is 0 Å². The molecule has 2 aromatic heterocycles. The normalized spacial score (nSPS) is 14.1. The van der Waals surface area contributed by atoms with Crippen LogP contribution in [0.4, 0.5) is 0 Å². The maximum atomic E-state index is 2.54. The van der Waals surface area contributed by atoms with Gasteiger partial charge in [0.15, 0.2) is 0 Å². The van der Waals surface area contributed by atoms with Crippen LogP contribution in [0.3, 0.4) is 0 Å². The summed E-state index contributed by atoms with van der Waals surface area (Å²) in [5.41, 5.74) is 15.9. The van der Waals surface area contributed by atoms with Gasteiger partial charge in [-0.2, -0.15) is 0 Å². The first-order chi connectivity index (χ1) is 30.7. The summed E-state index contributed by atoms with van der Waals surface area (Å²) >= 11 is 7.71. The summed E-state index contributed by atoms with van der Waals surface area (Å²) < 4.78 is 5.08. The highest BCUT2D eigenvalue weighted by atomic mass is 32.2. The van der Waals surface area contributed by atoms with E-state index in [0.717, 1.165) is 0 Å². The number of nitrogens with zero attached hydrogens (tertiary/aromatic N) is 2. The Hall–Kier alpha value is -5.89. The maximum absolute atomic E-state index is 2.54. The quantitative estimate of drug-likeness (QED) is 0.160. The minimum absolute atomic E-state index is 0.229. The van der Waals surface area contributed by atoms with Crippen molar-refractivity contribution in [3.8, 4) is 11.4 Å². The molecule has 8 heteroatoms. The summed E-state index contributed by atoms with van der Waals surface area (Å²) in [6.45, 7) is 0.459. The molecule has 0 unspecified atom stereocenters. The predicted octanol–water partition coefficient (Wildman–Crippen LogP) is 10.8. The van der Waals surface area contributed by atoms with E-state index in [1.807, 2.05) is 47.0 Å². The minimum atomic E-state index is 0.229. The third kappa shape index (κ3) is 4.70. The second-order valence-electron chi connectivity index (χ2n) is 16.7. The Morgan fingerprint density at radius 3 is 0.968 bits per heavy atom. The number of hydrogen-bond donors (Lipinski definition) is 0. The van der Waals surface area contributed by atoms with Crippen LogP contribution in [0.15, 0.2) is 221 Å². The molecular weight excluding hydrogens is 826 g/mol. The van der Waals surface area contributed by atoms with Crippen molar-refractivity contribution in [3.63, 3.8) is 0 Å². The Balaban J connectivity index is 0.988. The van der Waals surface area contributed by atoms with Gasteiger partial charge in [-0.05, 0) is 83.7 Å². The van der Waals surface area contributed by atoms with E-state index < -0.39 is 0 Å². The molecular formula is C54H30B2N2S4. The zero-order chi connectivity index (χ0) is 40.2. The summed E-state index contributed by atoms with van der Waals surface area (Å²) in [5.74, 6) is 0. The van der Waals surface area contributed by atoms with Gasteiger partial charge in [0.2, 0.25) is 13.4 Å². The van der Waals surface area contributed by atoms with Gasteiger partial charge in [-0.25, -0.2) is 0 Å². The minimum Gasteiger partial charge on any atom is -0.309 e. The lowest BCUT2D eigenvalue weighted by atomic mass is 9.36. The molecule has 2 nitrogen and oxygen atoms in total. The van der Waals surface area contributed by atoms with Gasteiger partial charge in [0.25, 0.3) is 0 Å². The van der Waals surface area contributed by atoms with Crippen molar-refractivity contribution in [1.29, 1.82) is 0 Å². The Bertz CT molecular complexity index is 3430. The molecule has 6 heterocycles. The first-order valence-electron chi connectivity index (χ1n) is 21.1. The lowest BCUT2D eigenvalue weighted by molar-refractivity contribution is 1.13. The van der Waals surface area contributed by atoms with Gasteiger partial charge in [0.1, 0.15) is 0 Å². The first-order valence-corrected chi connectivity index (χ1v) is 24.4. The smallest absolute Gasteiger partial charge is 0.247 e. The summed E-state index contributed by atoms with van der Waals surface area (Å²) in [6.07, 6.45) is 0. The summed E-state index contributed by atoms with van der Waals surface area (Å²) in [5, 5.41) is 5.10. The Kier molecular flexibility index (Phi) is 7.18. The van der Waals surface area contributed by atoms with Crippen molar-refractivity contribution in [2.24, 2.45) is 0 Å². The van der Waals surface area contributed by atoms with Crippen LogP contribution >= 0.6 is 47.0 Å². The van der Waals surface area contributed by atoms with Crippen LogP contribution in [0.1, 0.15) is 0 Å². The monoisotopic (exact) mass is 856 g/mol. The predicted molar refractivity (Wildman–Crippen MR) is 267 cm³/mol. The number of rotatable bonds is 2. The van der Waals surface area contributed by atoms with Crippen molar-refractivity contribution in [3.05, 3.63) is 182 Å². The van der Waals surface area contributed by atoms with Crippen molar-refractivity contribution in [1.82, 2.24) is 9.13 Å². The van der Waals surface area contributed by atoms with Crippen LogP contribution in [0.5, 0.6) is 0 Å². The largest absolute Gasteiger partial charge is 0.309 e. The van der Waals surface area contributed by atoms with E-state index in [2.05, 4.69) is 191 Å². The van der Waals surface area contributed by atoms with Gasteiger partial charge in [0.05, 0.1) is 22.1 Å². The molecule has 286 valence electrons. The zero-order valence-corrected chi connectivity index (χ0v) is 36.3. The average molecular weight is 857 g/mol. The molecule has 0 amide bonds. The van der Waals surface area contributed by atoms with Crippen LogP contribution < -0.4 is 32.8 Å². The van der Waals surface area contributed by atoms with Crippen molar-refractivity contribution < 1.29 is 0 Å². The number of benzene rings is 9. The maximum Gasteiger partial charge on any atom is 0.247 e. The molecule has 0 spiro atoms. The van der Waals surface area contributed by atoms with Crippen LogP contribution in [-0.2, 0) is 0 Å². The fourth-order valence-corrected chi connectivity index (χ4v) is 16.0. The standard InChI is InChI=1S/C54H30B2N2S4/c1-7-19-41-33(13-1)35-29-36-34-14-2-8-20-42(34)58(32-27-51-54-52(28-32)62-48-24-12-6-18-40(48)56(54)39-17-5-11-23-47(39)61-51)44(36)30-43(35)57(41)31-25-49-53-50(26-31)60-46-22-10-4-16-38(46)55(53)37-15-3-9-21-45(37)59-49/h1-30H. The van der Waals surface area contributed by atoms with Gasteiger partial charge in [-0.1, -0.05) is 178 Å². The van der Waals surface area contributed by atoms with Gasteiger partial charge in [0, 0.05) is 72.1 Å². The van der Waals surface area contributed by atoms with Crippen LogP contribution in [0.2, 0.25) is 0 Å².